The summed E-state index contributed by atoms with van der Waals surface area (Å²) < 4.78 is 32.3. The third kappa shape index (κ3) is 4.21. The van der Waals surface area contributed by atoms with Crippen molar-refractivity contribution in [3.8, 4) is 0 Å². The van der Waals surface area contributed by atoms with Crippen LogP contribution in [0.15, 0.2) is 33.7 Å². The lowest BCUT2D eigenvalue weighted by atomic mass is 10.2. The number of sulfonamides is 1. The average molecular weight is 351 g/mol. The molecule has 0 atom stereocenters. The van der Waals surface area contributed by atoms with E-state index in [1.54, 1.807) is 32.0 Å². The quantitative estimate of drug-likeness (QED) is 0.858. The molecule has 130 valence electrons. The number of hydrogen-bond donors (Lipinski definition) is 1. The summed E-state index contributed by atoms with van der Waals surface area (Å²) in [5.41, 5.74) is 1.67. The molecule has 7 nitrogen and oxygen atoms in total. The molecule has 2 rings (SSSR count). The summed E-state index contributed by atoms with van der Waals surface area (Å²) in [4.78, 5) is 13.3. The van der Waals surface area contributed by atoms with Crippen molar-refractivity contribution in [3.63, 3.8) is 0 Å². The molecular formula is C16H21N3O4S. The van der Waals surface area contributed by atoms with E-state index in [-0.39, 0.29) is 23.9 Å². The first-order valence-electron chi connectivity index (χ1n) is 7.49. The van der Waals surface area contributed by atoms with Crippen molar-refractivity contribution >= 4 is 21.7 Å². The molecule has 1 amide bonds. The van der Waals surface area contributed by atoms with Crippen LogP contribution in [0.1, 0.15) is 23.8 Å². The molecule has 1 aromatic heterocycles. The number of benzene rings is 1. The van der Waals surface area contributed by atoms with Gasteiger partial charge in [-0.05, 0) is 32.4 Å². The first-order valence-corrected chi connectivity index (χ1v) is 8.97. The maximum atomic E-state index is 12.4. The number of carbonyl (C=O) groups excluding carboxylic acids is 1. The van der Waals surface area contributed by atoms with Crippen LogP contribution in [0.25, 0.3) is 0 Å². The van der Waals surface area contributed by atoms with Gasteiger partial charge in [-0.2, -0.15) is 0 Å². The van der Waals surface area contributed by atoms with Crippen LogP contribution in [0.4, 0.5) is 5.82 Å². The summed E-state index contributed by atoms with van der Waals surface area (Å²) in [5.74, 6) is 0.701. The molecule has 1 N–H and O–H groups in total. The van der Waals surface area contributed by atoms with Crippen molar-refractivity contribution < 1.29 is 17.7 Å². The number of rotatable bonds is 6. The number of hydrogen-bond acceptors (Lipinski definition) is 5. The first kappa shape index (κ1) is 18.2. The molecule has 0 bridgehead atoms. The van der Waals surface area contributed by atoms with E-state index in [0.717, 1.165) is 5.56 Å². The number of carbonyl (C=O) groups is 1. The predicted molar refractivity (Wildman–Crippen MR) is 90.4 cm³/mol. The van der Waals surface area contributed by atoms with E-state index >= 15 is 0 Å². The fourth-order valence-electron chi connectivity index (χ4n) is 2.38. The lowest BCUT2D eigenvalue weighted by Crippen LogP contribution is -2.37. The monoisotopic (exact) mass is 351 g/mol. The highest BCUT2D eigenvalue weighted by atomic mass is 32.2. The van der Waals surface area contributed by atoms with Gasteiger partial charge in [0, 0.05) is 26.1 Å². The molecular weight excluding hydrogens is 330 g/mol. The zero-order valence-corrected chi connectivity index (χ0v) is 15.0. The van der Waals surface area contributed by atoms with Gasteiger partial charge in [0.1, 0.15) is 5.76 Å². The molecule has 0 saturated heterocycles. The van der Waals surface area contributed by atoms with Gasteiger partial charge in [-0.25, -0.2) is 13.1 Å². The van der Waals surface area contributed by atoms with Gasteiger partial charge in [-0.1, -0.05) is 22.9 Å². The van der Waals surface area contributed by atoms with Gasteiger partial charge in [0.15, 0.2) is 5.82 Å². The standard InChI is InChI=1S/C16H21N3O4S/c1-11-5-6-15(12(2)9-11)24(21,22)17-7-8-19(14(4)20)16-10-13(3)23-18-16/h5-6,9-10,17H,7-8H2,1-4H3. The Kier molecular flexibility index (Phi) is 5.40. The van der Waals surface area contributed by atoms with Crippen LogP contribution in [-0.4, -0.2) is 32.6 Å². The second-order valence-electron chi connectivity index (χ2n) is 5.63. The van der Waals surface area contributed by atoms with Crippen molar-refractivity contribution in [2.24, 2.45) is 0 Å². The van der Waals surface area contributed by atoms with Gasteiger partial charge >= 0.3 is 0 Å². The van der Waals surface area contributed by atoms with E-state index < -0.39 is 10.0 Å². The molecule has 1 heterocycles. The van der Waals surface area contributed by atoms with Crippen molar-refractivity contribution in [1.82, 2.24) is 9.88 Å². The van der Waals surface area contributed by atoms with Crippen LogP contribution in [0.5, 0.6) is 0 Å². The van der Waals surface area contributed by atoms with Gasteiger partial charge in [0.25, 0.3) is 0 Å². The lowest BCUT2D eigenvalue weighted by Gasteiger charge is -2.18. The highest BCUT2D eigenvalue weighted by Gasteiger charge is 2.19. The number of aromatic nitrogens is 1. The number of amides is 1. The maximum absolute atomic E-state index is 12.4. The maximum Gasteiger partial charge on any atom is 0.240 e. The SMILES string of the molecule is CC(=O)N(CCNS(=O)(=O)c1ccc(C)cc1C)c1cc(C)on1. The Hall–Kier alpha value is -2.19. The summed E-state index contributed by atoms with van der Waals surface area (Å²) in [7, 11) is -3.64. The summed E-state index contributed by atoms with van der Waals surface area (Å²) in [6.45, 7) is 7.00. The highest BCUT2D eigenvalue weighted by Crippen LogP contribution is 2.17. The van der Waals surface area contributed by atoms with Gasteiger partial charge < -0.3 is 4.52 Å². The molecule has 0 aliphatic rings. The molecule has 0 radical (unpaired) electrons. The van der Waals surface area contributed by atoms with Crippen LogP contribution in [0.3, 0.4) is 0 Å². The Morgan fingerprint density at radius 3 is 2.50 bits per heavy atom. The number of aryl methyl sites for hydroxylation is 3. The second-order valence-corrected chi connectivity index (χ2v) is 7.37. The number of nitrogens with zero attached hydrogens (tertiary/aromatic N) is 2. The molecule has 0 spiro atoms. The molecule has 2 aromatic rings. The summed E-state index contributed by atoms with van der Waals surface area (Å²) >= 11 is 0. The first-order chi connectivity index (χ1) is 11.2. The predicted octanol–water partition coefficient (Wildman–Crippen LogP) is 1.93. The minimum Gasteiger partial charge on any atom is -0.360 e. The second kappa shape index (κ2) is 7.14. The molecule has 0 aliphatic carbocycles. The highest BCUT2D eigenvalue weighted by molar-refractivity contribution is 7.89. The minimum absolute atomic E-state index is 0.0706. The van der Waals surface area contributed by atoms with E-state index in [2.05, 4.69) is 9.88 Å². The summed E-state index contributed by atoms with van der Waals surface area (Å²) in [5, 5.41) is 3.79. The van der Waals surface area contributed by atoms with Gasteiger partial charge in [0.05, 0.1) is 4.90 Å². The van der Waals surface area contributed by atoms with Gasteiger partial charge in [0.2, 0.25) is 15.9 Å². The third-order valence-electron chi connectivity index (χ3n) is 3.52. The van der Waals surface area contributed by atoms with Crippen LogP contribution < -0.4 is 9.62 Å². The van der Waals surface area contributed by atoms with E-state index in [9.17, 15) is 13.2 Å². The minimum atomic E-state index is -3.64. The normalized spacial score (nSPS) is 11.5. The summed E-state index contributed by atoms with van der Waals surface area (Å²) in [6.07, 6.45) is 0. The molecule has 0 saturated carbocycles. The summed E-state index contributed by atoms with van der Waals surface area (Å²) in [6, 6.07) is 6.77. The van der Waals surface area contributed by atoms with E-state index in [1.807, 2.05) is 13.0 Å². The average Bonchev–Trinajstić information content (AvgIpc) is 2.89. The molecule has 0 fully saturated rings. The van der Waals surface area contributed by atoms with E-state index in [4.69, 9.17) is 4.52 Å². The topological polar surface area (TPSA) is 92.5 Å². The van der Waals surface area contributed by atoms with Crippen molar-refractivity contribution in [1.29, 1.82) is 0 Å². The lowest BCUT2D eigenvalue weighted by molar-refractivity contribution is -0.116. The number of anilines is 1. The Labute approximate surface area is 141 Å². The molecule has 0 aliphatic heterocycles. The van der Waals surface area contributed by atoms with Crippen LogP contribution >= 0.6 is 0 Å². The molecule has 24 heavy (non-hydrogen) atoms. The Balaban J connectivity index is 2.07. The number of nitrogens with one attached hydrogen (secondary N) is 1. The van der Waals surface area contributed by atoms with E-state index in [1.165, 1.54) is 11.8 Å². The van der Waals surface area contributed by atoms with Crippen molar-refractivity contribution in [2.75, 3.05) is 18.0 Å². The largest absolute Gasteiger partial charge is 0.360 e. The molecule has 8 heteroatoms. The van der Waals surface area contributed by atoms with Crippen LogP contribution in [-0.2, 0) is 14.8 Å². The third-order valence-corrected chi connectivity index (χ3v) is 5.14. The molecule has 0 unspecified atom stereocenters. The Morgan fingerprint density at radius 2 is 1.96 bits per heavy atom. The fourth-order valence-corrected chi connectivity index (χ4v) is 3.63. The van der Waals surface area contributed by atoms with Crippen molar-refractivity contribution in [3.05, 3.63) is 41.2 Å². The molecule has 1 aromatic carbocycles. The van der Waals surface area contributed by atoms with E-state index in [0.29, 0.717) is 17.1 Å². The fraction of sp³-hybridized carbons (Fsp3) is 0.375. The van der Waals surface area contributed by atoms with Crippen LogP contribution in [0.2, 0.25) is 0 Å². The zero-order chi connectivity index (χ0) is 17.9. The van der Waals surface area contributed by atoms with Gasteiger partial charge in [-0.3, -0.25) is 9.69 Å². The van der Waals surface area contributed by atoms with Crippen molar-refractivity contribution in [2.45, 2.75) is 32.6 Å². The zero-order valence-electron chi connectivity index (χ0n) is 14.2. The van der Waals surface area contributed by atoms with Gasteiger partial charge in [-0.15, -0.1) is 0 Å². The smallest absolute Gasteiger partial charge is 0.240 e. The Morgan fingerprint density at radius 1 is 1.25 bits per heavy atom. The van der Waals surface area contributed by atoms with Crippen LogP contribution in [0, 0.1) is 20.8 Å². The Bertz CT molecular complexity index is 843.